The van der Waals surface area contributed by atoms with Gasteiger partial charge in [-0.15, -0.1) is 11.3 Å². The van der Waals surface area contributed by atoms with Crippen LogP contribution in [-0.4, -0.2) is 27.5 Å². The first-order valence-electron chi connectivity index (χ1n) is 9.06. The molecule has 0 saturated carbocycles. The molecular formula is C21H15ClN4O3S. The van der Waals surface area contributed by atoms with Crippen molar-refractivity contribution < 1.29 is 14.3 Å². The van der Waals surface area contributed by atoms with Gasteiger partial charge in [-0.1, -0.05) is 17.7 Å². The third-order valence-electron chi connectivity index (χ3n) is 4.50. The summed E-state index contributed by atoms with van der Waals surface area (Å²) in [7, 11) is 0. The third-order valence-corrected chi connectivity index (χ3v) is 5.55. The molecule has 4 aromatic rings. The number of halogens is 1. The highest BCUT2D eigenvalue weighted by molar-refractivity contribution is 7.12. The molecule has 1 amide bonds. The molecule has 0 unspecified atom stereocenters. The van der Waals surface area contributed by atoms with Crippen LogP contribution in [0.4, 0.5) is 5.82 Å². The predicted octanol–water partition coefficient (Wildman–Crippen LogP) is 4.94. The summed E-state index contributed by atoms with van der Waals surface area (Å²) < 4.78 is 12.4. The lowest BCUT2D eigenvalue weighted by Gasteiger charge is -2.07. The maximum Gasteiger partial charge on any atom is 0.256 e. The first-order valence-corrected chi connectivity index (χ1v) is 10.3. The average molecular weight is 439 g/mol. The Kier molecular flexibility index (Phi) is 4.65. The lowest BCUT2D eigenvalue weighted by molar-refractivity contribution is 0.102. The molecule has 0 atom stereocenters. The van der Waals surface area contributed by atoms with E-state index >= 15 is 0 Å². The summed E-state index contributed by atoms with van der Waals surface area (Å²) in [5.41, 5.74) is 2.92. The predicted molar refractivity (Wildman–Crippen MR) is 115 cm³/mol. The van der Waals surface area contributed by atoms with Gasteiger partial charge < -0.3 is 14.8 Å². The Morgan fingerprint density at radius 3 is 2.90 bits per heavy atom. The zero-order valence-electron chi connectivity index (χ0n) is 15.8. The van der Waals surface area contributed by atoms with Gasteiger partial charge in [0.2, 0.25) is 11.9 Å². The van der Waals surface area contributed by atoms with Crippen LogP contribution in [0.3, 0.4) is 0 Å². The van der Waals surface area contributed by atoms with Crippen LogP contribution in [0.15, 0.2) is 53.9 Å². The van der Waals surface area contributed by atoms with Crippen LogP contribution in [0.1, 0.15) is 16.1 Å². The minimum absolute atomic E-state index is 0.226. The van der Waals surface area contributed by atoms with Crippen molar-refractivity contribution >= 4 is 34.7 Å². The molecule has 1 aliphatic rings. The zero-order valence-corrected chi connectivity index (χ0v) is 17.3. The van der Waals surface area contributed by atoms with Gasteiger partial charge in [0.1, 0.15) is 5.82 Å². The van der Waals surface area contributed by atoms with Gasteiger partial charge in [-0.25, -0.2) is 4.98 Å². The molecule has 0 spiro atoms. The molecule has 3 heterocycles. The Morgan fingerprint density at radius 1 is 1.17 bits per heavy atom. The van der Waals surface area contributed by atoms with Crippen molar-refractivity contribution in [1.29, 1.82) is 0 Å². The molecule has 0 fully saturated rings. The van der Waals surface area contributed by atoms with E-state index < -0.39 is 0 Å². The van der Waals surface area contributed by atoms with Gasteiger partial charge in [0.25, 0.3) is 5.91 Å². The number of nitrogens with one attached hydrogen (secondary N) is 1. The van der Waals surface area contributed by atoms with Crippen molar-refractivity contribution in [3.05, 3.63) is 70.2 Å². The second kappa shape index (κ2) is 7.47. The van der Waals surface area contributed by atoms with Crippen LogP contribution in [-0.2, 0) is 0 Å². The van der Waals surface area contributed by atoms with Crippen LogP contribution in [0.25, 0.3) is 16.4 Å². The van der Waals surface area contributed by atoms with Gasteiger partial charge in [0, 0.05) is 27.6 Å². The number of carbonyl (C=O) groups excluding carboxylic acids is 1. The van der Waals surface area contributed by atoms with E-state index in [-0.39, 0.29) is 12.7 Å². The maximum absolute atomic E-state index is 12.6. The van der Waals surface area contributed by atoms with E-state index in [4.69, 9.17) is 26.1 Å². The van der Waals surface area contributed by atoms with E-state index in [0.717, 1.165) is 22.7 Å². The molecule has 0 aliphatic carbocycles. The number of amides is 1. The van der Waals surface area contributed by atoms with Crippen LogP contribution < -0.4 is 14.8 Å². The average Bonchev–Trinajstić information content (AvgIpc) is 3.46. The fourth-order valence-electron chi connectivity index (χ4n) is 3.10. The van der Waals surface area contributed by atoms with Crippen molar-refractivity contribution in [2.24, 2.45) is 0 Å². The summed E-state index contributed by atoms with van der Waals surface area (Å²) in [6.07, 6.45) is 0. The first kappa shape index (κ1) is 18.7. The molecule has 2 aromatic carbocycles. The Labute approximate surface area is 180 Å². The van der Waals surface area contributed by atoms with Gasteiger partial charge >= 0.3 is 0 Å². The number of hydrogen-bond acceptors (Lipinski definition) is 6. The van der Waals surface area contributed by atoms with Gasteiger partial charge in [-0.2, -0.15) is 9.78 Å². The molecule has 0 bridgehead atoms. The molecule has 0 radical (unpaired) electrons. The normalized spacial score (nSPS) is 12.2. The fourth-order valence-corrected chi connectivity index (χ4v) is 4.09. The summed E-state index contributed by atoms with van der Waals surface area (Å²) in [5, 5.41) is 10.5. The number of fused-ring (bicyclic) bond motifs is 1. The lowest BCUT2D eigenvalue weighted by atomic mass is 10.1. The van der Waals surface area contributed by atoms with Gasteiger partial charge in [0.05, 0.1) is 11.4 Å². The number of anilines is 1. The molecule has 9 heteroatoms. The van der Waals surface area contributed by atoms with E-state index in [1.54, 1.807) is 35.0 Å². The summed E-state index contributed by atoms with van der Waals surface area (Å²) in [4.78, 5) is 17.3. The molecular weight excluding hydrogens is 424 g/mol. The first-order chi connectivity index (χ1) is 14.6. The molecule has 1 N–H and O–H groups in total. The number of ether oxygens (including phenoxy) is 2. The van der Waals surface area contributed by atoms with Gasteiger partial charge in [-0.3, -0.25) is 4.79 Å². The number of benzene rings is 2. The minimum atomic E-state index is -0.272. The number of hydrogen-bond donors (Lipinski definition) is 1. The quantitative estimate of drug-likeness (QED) is 0.488. The number of aryl methyl sites for hydroxylation is 1. The summed E-state index contributed by atoms with van der Waals surface area (Å²) >= 11 is 7.43. The monoisotopic (exact) mass is 438 g/mol. The zero-order chi connectivity index (χ0) is 20.7. The summed E-state index contributed by atoms with van der Waals surface area (Å²) in [5.74, 6) is 1.68. The Balaban J connectivity index is 1.44. The van der Waals surface area contributed by atoms with Crippen molar-refractivity contribution in [3.8, 4) is 27.9 Å². The highest BCUT2D eigenvalue weighted by Crippen LogP contribution is 2.36. The van der Waals surface area contributed by atoms with Crippen LogP contribution in [0.5, 0.6) is 11.5 Å². The summed E-state index contributed by atoms with van der Waals surface area (Å²) in [6, 6.07) is 14.3. The van der Waals surface area contributed by atoms with Gasteiger partial charge in [-0.05, 0) is 43.3 Å². The molecule has 7 nitrogen and oxygen atoms in total. The number of rotatable bonds is 4. The highest BCUT2D eigenvalue weighted by Gasteiger charge is 2.18. The smallest absolute Gasteiger partial charge is 0.256 e. The molecule has 1 aliphatic heterocycles. The van der Waals surface area contributed by atoms with Crippen molar-refractivity contribution in [2.75, 3.05) is 12.1 Å². The standard InChI is InChI=1S/C21H15ClN4O3S/c1-12-7-19(24-20(27)14-3-2-4-15(22)8-14)26(25-12)21-23-16(10-30-21)13-5-6-17-18(9-13)29-11-28-17/h2-10H,11H2,1H3,(H,24,27). The SMILES string of the molecule is Cc1cc(NC(=O)c2cccc(Cl)c2)n(-c2nc(-c3ccc4c(c3)OCO4)cs2)n1. The second-order valence-corrected chi connectivity index (χ2v) is 7.90. The highest BCUT2D eigenvalue weighted by atomic mass is 35.5. The maximum atomic E-state index is 12.6. The van der Waals surface area contributed by atoms with Crippen molar-refractivity contribution in [1.82, 2.24) is 14.8 Å². The van der Waals surface area contributed by atoms with E-state index in [1.807, 2.05) is 30.5 Å². The second-order valence-electron chi connectivity index (χ2n) is 6.63. The van der Waals surface area contributed by atoms with E-state index in [0.29, 0.717) is 27.3 Å². The molecule has 150 valence electrons. The topological polar surface area (TPSA) is 78.3 Å². The third kappa shape index (κ3) is 3.51. The Morgan fingerprint density at radius 2 is 2.03 bits per heavy atom. The summed E-state index contributed by atoms with van der Waals surface area (Å²) in [6.45, 7) is 2.08. The number of nitrogens with zero attached hydrogens (tertiary/aromatic N) is 3. The van der Waals surface area contributed by atoms with Crippen LogP contribution >= 0.6 is 22.9 Å². The van der Waals surface area contributed by atoms with Crippen LogP contribution in [0.2, 0.25) is 5.02 Å². The van der Waals surface area contributed by atoms with E-state index in [2.05, 4.69) is 10.4 Å². The van der Waals surface area contributed by atoms with E-state index in [1.165, 1.54) is 11.3 Å². The van der Waals surface area contributed by atoms with Crippen molar-refractivity contribution in [2.45, 2.75) is 6.92 Å². The number of aromatic nitrogens is 3. The lowest BCUT2D eigenvalue weighted by Crippen LogP contribution is -2.15. The Hall–Kier alpha value is -3.36. The van der Waals surface area contributed by atoms with E-state index in [9.17, 15) is 4.79 Å². The molecule has 2 aromatic heterocycles. The largest absolute Gasteiger partial charge is 0.454 e. The molecule has 0 saturated heterocycles. The minimum Gasteiger partial charge on any atom is -0.454 e. The fraction of sp³-hybridized carbons (Fsp3) is 0.0952. The van der Waals surface area contributed by atoms with Crippen molar-refractivity contribution in [3.63, 3.8) is 0 Å². The Bertz CT molecular complexity index is 1270. The van der Waals surface area contributed by atoms with Crippen LogP contribution in [0, 0.1) is 6.92 Å². The number of carbonyl (C=O) groups is 1. The number of thiazole rings is 1. The molecule has 5 rings (SSSR count). The molecule has 30 heavy (non-hydrogen) atoms. The van der Waals surface area contributed by atoms with Gasteiger partial charge in [0.15, 0.2) is 11.5 Å².